The van der Waals surface area contributed by atoms with Crippen LogP contribution in [0.4, 0.5) is 10.1 Å². The predicted molar refractivity (Wildman–Crippen MR) is 118 cm³/mol. The van der Waals surface area contributed by atoms with Crippen molar-refractivity contribution in [3.63, 3.8) is 0 Å². The van der Waals surface area contributed by atoms with E-state index in [1.54, 1.807) is 35.8 Å². The molecule has 0 saturated carbocycles. The smallest absolute Gasteiger partial charge is 0.341 e. The van der Waals surface area contributed by atoms with Crippen LogP contribution in [0.15, 0.2) is 47.4 Å². The van der Waals surface area contributed by atoms with Crippen molar-refractivity contribution in [2.45, 2.75) is 18.8 Å². The number of carboxylic acid groups (broad SMARTS) is 1. The largest absolute Gasteiger partial charge is 0.477 e. The van der Waals surface area contributed by atoms with Gasteiger partial charge in [0.1, 0.15) is 16.8 Å². The van der Waals surface area contributed by atoms with Gasteiger partial charge in [-0.1, -0.05) is 29.8 Å². The Hall–Kier alpha value is -3.04. The molecule has 1 aliphatic rings. The average molecular weight is 462 g/mol. The SMILES string of the molecule is CCn1cc(C(=O)O)c(=O)c2cc(F)c(NN3C(=O)CS[C@H]3c3ccccc3Cl)cc21. The first-order valence-corrected chi connectivity index (χ1v) is 10.8. The number of carbonyl (C=O) groups is 2. The molecule has 31 heavy (non-hydrogen) atoms. The van der Waals surface area contributed by atoms with Crippen LogP contribution in [-0.4, -0.2) is 32.3 Å². The lowest BCUT2D eigenvalue weighted by atomic mass is 10.1. The number of aryl methyl sites for hydroxylation is 1. The fourth-order valence-electron chi connectivity index (χ4n) is 3.49. The Bertz CT molecular complexity index is 1280. The van der Waals surface area contributed by atoms with Crippen LogP contribution >= 0.6 is 23.4 Å². The van der Waals surface area contributed by atoms with Gasteiger partial charge in [-0.3, -0.25) is 15.0 Å². The number of aromatic carboxylic acids is 1. The number of hydrogen-bond donors (Lipinski definition) is 2. The maximum atomic E-state index is 14.9. The lowest BCUT2D eigenvalue weighted by Gasteiger charge is -2.26. The number of carboxylic acids is 1. The molecule has 10 heteroatoms. The summed E-state index contributed by atoms with van der Waals surface area (Å²) in [5.74, 6) is -2.21. The van der Waals surface area contributed by atoms with Gasteiger partial charge in [0, 0.05) is 28.7 Å². The second kappa shape index (κ2) is 8.24. The van der Waals surface area contributed by atoms with Gasteiger partial charge in [0.15, 0.2) is 0 Å². The first-order valence-electron chi connectivity index (χ1n) is 9.36. The molecule has 1 aliphatic heterocycles. The van der Waals surface area contributed by atoms with Crippen molar-refractivity contribution in [1.82, 2.24) is 9.58 Å². The van der Waals surface area contributed by atoms with Crippen LogP contribution in [0, 0.1) is 5.82 Å². The summed E-state index contributed by atoms with van der Waals surface area (Å²) in [6.45, 7) is 2.14. The summed E-state index contributed by atoms with van der Waals surface area (Å²) < 4.78 is 16.5. The zero-order valence-corrected chi connectivity index (χ0v) is 17.8. The number of thioether (sulfide) groups is 1. The van der Waals surface area contributed by atoms with Crippen LogP contribution in [0.1, 0.15) is 28.2 Å². The number of nitrogens with zero attached hydrogens (tertiary/aromatic N) is 2. The summed E-state index contributed by atoms with van der Waals surface area (Å²) in [4.78, 5) is 36.4. The van der Waals surface area contributed by atoms with E-state index in [2.05, 4.69) is 5.43 Å². The Labute approximate surface area is 185 Å². The van der Waals surface area contributed by atoms with Crippen molar-refractivity contribution >= 4 is 51.8 Å². The van der Waals surface area contributed by atoms with E-state index in [-0.39, 0.29) is 22.7 Å². The molecule has 4 rings (SSSR count). The minimum Gasteiger partial charge on any atom is -0.477 e. The Balaban J connectivity index is 1.79. The Morgan fingerprint density at radius 3 is 2.74 bits per heavy atom. The molecule has 2 heterocycles. The normalized spacial score (nSPS) is 16.2. The number of hydrazine groups is 1. The number of carbonyl (C=O) groups excluding carboxylic acids is 1. The molecule has 2 aromatic carbocycles. The summed E-state index contributed by atoms with van der Waals surface area (Å²) in [6, 6.07) is 9.50. The van der Waals surface area contributed by atoms with Gasteiger partial charge in [-0.2, -0.15) is 0 Å². The second-order valence-electron chi connectivity index (χ2n) is 6.87. The van der Waals surface area contributed by atoms with Gasteiger partial charge < -0.3 is 9.67 Å². The zero-order chi connectivity index (χ0) is 22.3. The third-order valence-electron chi connectivity index (χ3n) is 5.02. The third-order valence-corrected chi connectivity index (χ3v) is 6.56. The van der Waals surface area contributed by atoms with Gasteiger partial charge in [0.05, 0.1) is 17.0 Å². The second-order valence-corrected chi connectivity index (χ2v) is 8.35. The molecule has 0 unspecified atom stereocenters. The molecule has 0 aliphatic carbocycles. The van der Waals surface area contributed by atoms with Crippen molar-refractivity contribution in [1.29, 1.82) is 0 Å². The summed E-state index contributed by atoms with van der Waals surface area (Å²) in [5, 5.41) is 10.6. The zero-order valence-electron chi connectivity index (χ0n) is 16.3. The van der Waals surface area contributed by atoms with Crippen molar-refractivity contribution in [2.75, 3.05) is 11.2 Å². The number of hydrogen-bond acceptors (Lipinski definition) is 5. The Morgan fingerprint density at radius 1 is 1.32 bits per heavy atom. The van der Waals surface area contributed by atoms with E-state index in [0.29, 0.717) is 22.6 Å². The molecule has 7 nitrogen and oxygen atoms in total. The van der Waals surface area contributed by atoms with Gasteiger partial charge in [0.2, 0.25) is 5.43 Å². The molecule has 2 N–H and O–H groups in total. The van der Waals surface area contributed by atoms with Gasteiger partial charge in [0.25, 0.3) is 5.91 Å². The van der Waals surface area contributed by atoms with Gasteiger partial charge in [-0.05, 0) is 25.1 Å². The van der Waals surface area contributed by atoms with E-state index in [1.807, 2.05) is 0 Å². The number of fused-ring (bicyclic) bond motifs is 1. The van der Waals surface area contributed by atoms with E-state index < -0.39 is 28.2 Å². The standard InChI is InChI=1S/C21H17ClFN3O4S/c1-2-25-9-13(21(29)30)19(28)12-7-15(23)16(8-17(12)25)24-26-18(27)10-31-20(26)11-5-3-4-6-14(11)22/h3-9,20,24H,2,10H2,1H3,(H,29,30)/t20-/m0/s1. The predicted octanol–water partition coefficient (Wildman–Crippen LogP) is 4.11. The topological polar surface area (TPSA) is 91.6 Å². The van der Waals surface area contributed by atoms with Gasteiger partial charge >= 0.3 is 5.97 Å². The third kappa shape index (κ3) is 3.75. The maximum absolute atomic E-state index is 14.9. The van der Waals surface area contributed by atoms with Gasteiger partial charge in [-0.25, -0.2) is 14.2 Å². The molecule has 0 bridgehead atoms. The number of amides is 1. The highest BCUT2D eigenvalue weighted by atomic mass is 35.5. The molecule has 1 amide bonds. The maximum Gasteiger partial charge on any atom is 0.341 e. The van der Waals surface area contributed by atoms with E-state index in [4.69, 9.17) is 11.6 Å². The van der Waals surface area contributed by atoms with Crippen molar-refractivity contribution < 1.29 is 19.1 Å². The number of halogens is 2. The summed E-state index contributed by atoms with van der Waals surface area (Å²) in [5.41, 5.74) is 2.70. The van der Waals surface area contributed by atoms with Gasteiger partial charge in [-0.15, -0.1) is 11.8 Å². The molecule has 3 aromatic rings. The van der Waals surface area contributed by atoms with Crippen molar-refractivity contribution in [2.24, 2.45) is 0 Å². The lowest BCUT2D eigenvalue weighted by Crippen LogP contribution is -2.34. The summed E-state index contributed by atoms with van der Waals surface area (Å²) in [6.07, 6.45) is 1.23. The van der Waals surface area contributed by atoms with Crippen LogP contribution in [-0.2, 0) is 11.3 Å². The average Bonchev–Trinajstić information content (AvgIpc) is 3.09. The lowest BCUT2D eigenvalue weighted by molar-refractivity contribution is -0.126. The van der Waals surface area contributed by atoms with E-state index in [0.717, 1.165) is 6.07 Å². The molecule has 160 valence electrons. The number of pyridine rings is 1. The number of aromatic nitrogens is 1. The molecule has 1 saturated heterocycles. The monoisotopic (exact) mass is 461 g/mol. The highest BCUT2D eigenvalue weighted by molar-refractivity contribution is 8.00. The molecular formula is C21H17ClFN3O4S. The van der Waals surface area contributed by atoms with Crippen LogP contribution in [0.2, 0.25) is 5.02 Å². The minimum atomic E-state index is -1.38. The van der Waals surface area contributed by atoms with Crippen LogP contribution in [0.3, 0.4) is 0 Å². The van der Waals surface area contributed by atoms with Crippen molar-refractivity contribution in [3.05, 3.63) is 74.8 Å². The fraction of sp³-hybridized carbons (Fsp3) is 0.190. The molecular weight excluding hydrogens is 445 g/mol. The van der Waals surface area contributed by atoms with E-state index >= 15 is 0 Å². The van der Waals surface area contributed by atoms with E-state index in [1.165, 1.54) is 29.0 Å². The van der Waals surface area contributed by atoms with Crippen LogP contribution < -0.4 is 10.9 Å². The summed E-state index contributed by atoms with van der Waals surface area (Å²) >= 11 is 7.64. The van der Waals surface area contributed by atoms with Crippen LogP contribution in [0.25, 0.3) is 10.9 Å². The molecule has 1 aromatic heterocycles. The number of anilines is 1. The minimum absolute atomic E-state index is 0.00919. The van der Waals surface area contributed by atoms with Crippen LogP contribution in [0.5, 0.6) is 0 Å². The molecule has 0 radical (unpaired) electrons. The molecule has 1 atom stereocenters. The number of rotatable bonds is 5. The fourth-order valence-corrected chi connectivity index (χ4v) is 4.94. The Morgan fingerprint density at radius 2 is 2.06 bits per heavy atom. The van der Waals surface area contributed by atoms with Crippen molar-refractivity contribution in [3.8, 4) is 0 Å². The quantitative estimate of drug-likeness (QED) is 0.594. The first-order chi connectivity index (χ1) is 14.8. The molecule has 0 spiro atoms. The summed E-state index contributed by atoms with van der Waals surface area (Å²) in [7, 11) is 0. The Kier molecular flexibility index (Phi) is 5.63. The van der Waals surface area contributed by atoms with E-state index in [9.17, 15) is 23.9 Å². The number of benzene rings is 2. The number of nitrogens with one attached hydrogen (secondary N) is 1. The highest BCUT2D eigenvalue weighted by Gasteiger charge is 2.35. The highest BCUT2D eigenvalue weighted by Crippen LogP contribution is 2.41. The molecule has 1 fully saturated rings. The first kappa shape index (κ1) is 21.2.